The highest BCUT2D eigenvalue weighted by molar-refractivity contribution is 5.73. The van der Waals surface area contributed by atoms with Crippen LogP contribution in [0.4, 0.5) is 20.4 Å². The molecule has 0 amide bonds. The molecule has 0 aliphatic rings. The van der Waals surface area contributed by atoms with E-state index in [9.17, 15) is 8.78 Å². The van der Waals surface area contributed by atoms with Crippen molar-refractivity contribution in [2.45, 2.75) is 0 Å². The van der Waals surface area contributed by atoms with Crippen molar-refractivity contribution in [3.05, 3.63) is 36.2 Å². The molecule has 0 aliphatic carbocycles. The van der Waals surface area contributed by atoms with Gasteiger partial charge in [-0.15, -0.1) is 0 Å². The molecule has 0 fully saturated rings. The molecule has 82 valence electrons. The van der Waals surface area contributed by atoms with Crippen LogP contribution in [0.15, 0.2) is 24.4 Å². The van der Waals surface area contributed by atoms with Gasteiger partial charge in [0.25, 0.3) is 0 Å². The highest BCUT2D eigenvalue weighted by Crippen LogP contribution is 2.27. The van der Waals surface area contributed by atoms with Crippen molar-refractivity contribution in [2.75, 3.05) is 11.5 Å². The Labute approximate surface area is 89.9 Å². The summed E-state index contributed by atoms with van der Waals surface area (Å²) in [5, 5.41) is 0. The maximum atomic E-state index is 13.5. The van der Waals surface area contributed by atoms with Crippen molar-refractivity contribution in [2.24, 2.45) is 0 Å². The number of nitrogens with two attached hydrogens (primary N) is 2. The number of nitrogens with zero attached hydrogens (tertiary/aromatic N) is 2. The number of pyridine rings is 2. The van der Waals surface area contributed by atoms with Crippen molar-refractivity contribution in [1.29, 1.82) is 0 Å². The molecule has 2 aromatic rings. The molecular formula is C10H8F2N4. The quantitative estimate of drug-likeness (QED) is 0.718. The van der Waals surface area contributed by atoms with Crippen LogP contribution in [0.2, 0.25) is 0 Å². The maximum absolute atomic E-state index is 13.5. The molecule has 0 unspecified atom stereocenters. The summed E-state index contributed by atoms with van der Waals surface area (Å²) in [7, 11) is 0. The molecule has 2 rings (SSSR count). The van der Waals surface area contributed by atoms with Gasteiger partial charge < -0.3 is 11.5 Å². The second-order valence-electron chi connectivity index (χ2n) is 3.13. The third-order valence-electron chi connectivity index (χ3n) is 2.09. The summed E-state index contributed by atoms with van der Waals surface area (Å²) in [6.45, 7) is 0. The van der Waals surface area contributed by atoms with E-state index in [1.165, 1.54) is 12.3 Å². The fourth-order valence-corrected chi connectivity index (χ4v) is 1.31. The Balaban J connectivity index is 2.65. The Hall–Kier alpha value is -2.24. The van der Waals surface area contributed by atoms with Gasteiger partial charge in [0.2, 0.25) is 5.95 Å². The molecule has 16 heavy (non-hydrogen) atoms. The lowest BCUT2D eigenvalue weighted by Crippen LogP contribution is -2.01. The summed E-state index contributed by atoms with van der Waals surface area (Å²) in [4.78, 5) is 7.02. The van der Waals surface area contributed by atoms with Gasteiger partial charge in [-0.2, -0.15) is 9.37 Å². The van der Waals surface area contributed by atoms with Gasteiger partial charge in [0.1, 0.15) is 5.82 Å². The summed E-state index contributed by atoms with van der Waals surface area (Å²) in [5.74, 6) is -2.05. The minimum atomic E-state index is -0.876. The Bertz CT molecular complexity index is 542. The molecule has 0 spiro atoms. The summed E-state index contributed by atoms with van der Waals surface area (Å²) in [6, 6.07) is 4.04. The van der Waals surface area contributed by atoms with Crippen LogP contribution < -0.4 is 11.5 Å². The zero-order valence-corrected chi connectivity index (χ0v) is 8.11. The molecule has 0 atom stereocenters. The topological polar surface area (TPSA) is 77.8 Å². The Morgan fingerprint density at radius 3 is 2.50 bits per heavy atom. The predicted octanol–water partition coefficient (Wildman–Crippen LogP) is 1.59. The lowest BCUT2D eigenvalue weighted by Gasteiger charge is -2.06. The van der Waals surface area contributed by atoms with Gasteiger partial charge in [-0.25, -0.2) is 9.37 Å². The molecule has 0 aliphatic heterocycles. The molecule has 2 aromatic heterocycles. The van der Waals surface area contributed by atoms with E-state index in [2.05, 4.69) is 9.97 Å². The first-order chi connectivity index (χ1) is 7.59. The highest BCUT2D eigenvalue weighted by atomic mass is 19.1. The fraction of sp³-hybridized carbons (Fsp3) is 0. The molecule has 6 heteroatoms. The van der Waals surface area contributed by atoms with Gasteiger partial charge in [-0.1, -0.05) is 0 Å². The average Bonchev–Trinajstić information content (AvgIpc) is 2.25. The van der Waals surface area contributed by atoms with Gasteiger partial charge in [-0.3, -0.25) is 0 Å². The molecule has 0 saturated heterocycles. The van der Waals surface area contributed by atoms with Crippen molar-refractivity contribution >= 4 is 11.6 Å². The molecule has 0 bridgehead atoms. The van der Waals surface area contributed by atoms with E-state index in [0.717, 1.165) is 6.07 Å². The molecule has 0 aromatic carbocycles. The third-order valence-corrected chi connectivity index (χ3v) is 2.09. The van der Waals surface area contributed by atoms with Crippen molar-refractivity contribution < 1.29 is 8.78 Å². The second kappa shape index (κ2) is 3.73. The van der Waals surface area contributed by atoms with Crippen LogP contribution in [-0.2, 0) is 0 Å². The summed E-state index contributed by atoms with van der Waals surface area (Å²) >= 11 is 0. The number of rotatable bonds is 1. The van der Waals surface area contributed by atoms with Crippen LogP contribution in [0.5, 0.6) is 0 Å². The van der Waals surface area contributed by atoms with E-state index < -0.39 is 17.6 Å². The number of anilines is 2. The Morgan fingerprint density at radius 1 is 1.06 bits per heavy atom. The Kier molecular flexibility index (Phi) is 2.40. The highest BCUT2D eigenvalue weighted by Gasteiger charge is 2.13. The first kappa shape index (κ1) is 10.3. The largest absolute Gasteiger partial charge is 0.383 e. The number of halogens is 2. The first-order valence-corrected chi connectivity index (χ1v) is 4.42. The van der Waals surface area contributed by atoms with Gasteiger partial charge in [0, 0.05) is 17.3 Å². The van der Waals surface area contributed by atoms with Crippen LogP contribution in [0, 0.1) is 11.8 Å². The van der Waals surface area contributed by atoms with Crippen LogP contribution in [0.3, 0.4) is 0 Å². The molecule has 4 N–H and O–H groups in total. The molecule has 2 heterocycles. The zero-order valence-electron chi connectivity index (χ0n) is 8.11. The van der Waals surface area contributed by atoms with Gasteiger partial charge in [-0.05, 0) is 18.2 Å². The van der Waals surface area contributed by atoms with E-state index in [-0.39, 0.29) is 16.9 Å². The summed E-state index contributed by atoms with van der Waals surface area (Å²) < 4.78 is 26.6. The second-order valence-corrected chi connectivity index (χ2v) is 3.13. The number of aromatic nitrogens is 2. The standard InChI is InChI=1S/C10H8F2N4/c11-7-4-6(8(12)16-10(7)14)5-2-1-3-15-9(5)13/h1-4H,(H2,13,15)(H2,14,16). The zero-order chi connectivity index (χ0) is 11.7. The summed E-state index contributed by atoms with van der Waals surface area (Å²) in [6.07, 6.45) is 1.46. The molecule has 0 radical (unpaired) electrons. The third kappa shape index (κ3) is 1.65. The molecule has 4 nitrogen and oxygen atoms in total. The lowest BCUT2D eigenvalue weighted by atomic mass is 10.1. The van der Waals surface area contributed by atoms with Gasteiger partial charge in [0.05, 0.1) is 0 Å². The van der Waals surface area contributed by atoms with Crippen LogP contribution in [0.1, 0.15) is 0 Å². The van der Waals surface area contributed by atoms with Gasteiger partial charge in [0.15, 0.2) is 11.6 Å². The average molecular weight is 222 g/mol. The van der Waals surface area contributed by atoms with Crippen molar-refractivity contribution in [3.63, 3.8) is 0 Å². The fourth-order valence-electron chi connectivity index (χ4n) is 1.31. The number of hydrogen-bond acceptors (Lipinski definition) is 4. The number of hydrogen-bond donors (Lipinski definition) is 2. The van der Waals surface area contributed by atoms with Crippen LogP contribution in [-0.4, -0.2) is 9.97 Å². The van der Waals surface area contributed by atoms with E-state index >= 15 is 0 Å². The van der Waals surface area contributed by atoms with E-state index in [4.69, 9.17) is 11.5 Å². The molecular weight excluding hydrogens is 214 g/mol. The predicted molar refractivity (Wildman–Crippen MR) is 56.2 cm³/mol. The SMILES string of the molecule is Nc1nc(F)c(-c2cccnc2N)cc1F. The van der Waals surface area contributed by atoms with E-state index in [0.29, 0.717) is 0 Å². The summed E-state index contributed by atoms with van der Waals surface area (Å²) in [5.41, 5.74) is 10.9. The van der Waals surface area contributed by atoms with E-state index in [1.54, 1.807) is 6.07 Å². The van der Waals surface area contributed by atoms with Crippen LogP contribution >= 0.6 is 0 Å². The van der Waals surface area contributed by atoms with Crippen LogP contribution in [0.25, 0.3) is 11.1 Å². The maximum Gasteiger partial charge on any atom is 0.223 e. The van der Waals surface area contributed by atoms with E-state index in [1.807, 2.05) is 0 Å². The van der Waals surface area contributed by atoms with Crippen molar-refractivity contribution in [1.82, 2.24) is 9.97 Å². The Morgan fingerprint density at radius 2 is 1.81 bits per heavy atom. The first-order valence-electron chi connectivity index (χ1n) is 4.42. The van der Waals surface area contributed by atoms with Gasteiger partial charge >= 0.3 is 0 Å². The minimum absolute atomic E-state index is 0.0581. The lowest BCUT2D eigenvalue weighted by molar-refractivity contribution is 0.569. The minimum Gasteiger partial charge on any atom is -0.383 e. The molecule has 0 saturated carbocycles. The monoisotopic (exact) mass is 222 g/mol. The normalized spacial score (nSPS) is 10.4. The van der Waals surface area contributed by atoms with Crippen molar-refractivity contribution in [3.8, 4) is 11.1 Å². The number of nitrogen functional groups attached to an aromatic ring is 2. The smallest absolute Gasteiger partial charge is 0.223 e.